The smallest absolute Gasteiger partial charge is 0.289 e. The molecule has 2 N–H and O–H groups in total. The summed E-state index contributed by atoms with van der Waals surface area (Å²) < 4.78 is 5.59. The molecule has 2 heterocycles. The van der Waals surface area contributed by atoms with Crippen molar-refractivity contribution in [2.24, 2.45) is 5.73 Å². The maximum atomic E-state index is 12.4. The van der Waals surface area contributed by atoms with Crippen LogP contribution in [-0.2, 0) is 0 Å². The SMILES string of the molecule is NC1CCCN(C(=O)c2cc3cccc(Cl)c3o2)C1. The van der Waals surface area contributed by atoms with Gasteiger partial charge in [0.05, 0.1) is 5.02 Å². The number of carbonyl (C=O) groups excluding carboxylic acids is 1. The first-order valence-corrected chi connectivity index (χ1v) is 6.76. The number of piperidine rings is 1. The molecule has 1 aliphatic heterocycles. The van der Waals surface area contributed by atoms with Crippen molar-refractivity contribution in [3.05, 3.63) is 35.0 Å². The Balaban J connectivity index is 1.91. The second-order valence-electron chi connectivity index (χ2n) is 4.92. The number of hydrogen-bond donors (Lipinski definition) is 1. The Morgan fingerprint density at radius 2 is 2.32 bits per heavy atom. The van der Waals surface area contributed by atoms with Gasteiger partial charge in [0.25, 0.3) is 5.91 Å². The lowest BCUT2D eigenvalue weighted by atomic mass is 10.1. The third-order valence-corrected chi connectivity index (χ3v) is 3.75. The summed E-state index contributed by atoms with van der Waals surface area (Å²) >= 11 is 6.05. The number of halogens is 1. The first-order chi connectivity index (χ1) is 9.15. The first-order valence-electron chi connectivity index (χ1n) is 6.38. The van der Waals surface area contributed by atoms with Crippen LogP contribution in [0.4, 0.5) is 0 Å². The number of nitrogens with two attached hydrogens (primary N) is 1. The predicted molar refractivity (Wildman–Crippen MR) is 74.3 cm³/mol. The van der Waals surface area contributed by atoms with Gasteiger partial charge < -0.3 is 15.1 Å². The zero-order valence-corrected chi connectivity index (χ0v) is 11.2. The third-order valence-electron chi connectivity index (χ3n) is 3.45. The summed E-state index contributed by atoms with van der Waals surface area (Å²) in [5.41, 5.74) is 6.46. The van der Waals surface area contributed by atoms with Crippen LogP contribution >= 0.6 is 11.6 Å². The largest absolute Gasteiger partial charge is 0.449 e. The number of likely N-dealkylation sites (tertiary alicyclic amines) is 1. The van der Waals surface area contributed by atoms with Gasteiger partial charge in [-0.1, -0.05) is 23.7 Å². The zero-order chi connectivity index (χ0) is 13.4. The van der Waals surface area contributed by atoms with Crippen LogP contribution in [0.2, 0.25) is 5.02 Å². The van der Waals surface area contributed by atoms with E-state index in [0.717, 1.165) is 24.8 Å². The molecule has 2 aromatic rings. The first kappa shape index (κ1) is 12.5. The van der Waals surface area contributed by atoms with Crippen LogP contribution in [0.3, 0.4) is 0 Å². The van der Waals surface area contributed by atoms with Gasteiger partial charge in [0.15, 0.2) is 11.3 Å². The summed E-state index contributed by atoms with van der Waals surface area (Å²) in [5, 5.41) is 1.36. The van der Waals surface area contributed by atoms with Crippen molar-refractivity contribution in [3.8, 4) is 0 Å². The molecule has 4 nitrogen and oxygen atoms in total. The third kappa shape index (κ3) is 2.33. The Morgan fingerprint density at radius 1 is 1.47 bits per heavy atom. The Morgan fingerprint density at radius 3 is 3.05 bits per heavy atom. The number of furan rings is 1. The average molecular weight is 279 g/mol. The van der Waals surface area contributed by atoms with Gasteiger partial charge >= 0.3 is 0 Å². The van der Waals surface area contributed by atoms with E-state index in [-0.39, 0.29) is 11.9 Å². The van der Waals surface area contributed by atoms with Crippen molar-refractivity contribution in [3.63, 3.8) is 0 Å². The van der Waals surface area contributed by atoms with Gasteiger partial charge in [0.2, 0.25) is 0 Å². The van der Waals surface area contributed by atoms with Crippen LogP contribution in [0.25, 0.3) is 11.0 Å². The minimum absolute atomic E-state index is 0.0608. The number of carbonyl (C=O) groups is 1. The van der Waals surface area contributed by atoms with Gasteiger partial charge in [-0.2, -0.15) is 0 Å². The summed E-state index contributed by atoms with van der Waals surface area (Å²) in [7, 11) is 0. The molecule has 1 amide bonds. The van der Waals surface area contributed by atoms with E-state index in [1.807, 2.05) is 12.1 Å². The molecule has 1 aromatic carbocycles. The van der Waals surface area contributed by atoms with Gasteiger partial charge in [-0.25, -0.2) is 0 Å². The molecule has 1 aliphatic rings. The van der Waals surface area contributed by atoms with Crippen molar-refractivity contribution in [1.82, 2.24) is 4.90 Å². The summed E-state index contributed by atoms with van der Waals surface area (Å²) in [6, 6.07) is 7.27. The van der Waals surface area contributed by atoms with Crippen molar-refractivity contribution >= 4 is 28.5 Å². The van der Waals surface area contributed by atoms with E-state index in [0.29, 0.717) is 22.9 Å². The van der Waals surface area contributed by atoms with Gasteiger partial charge in [-0.3, -0.25) is 4.79 Å². The van der Waals surface area contributed by atoms with Crippen LogP contribution in [0.15, 0.2) is 28.7 Å². The highest BCUT2D eigenvalue weighted by atomic mass is 35.5. The number of fused-ring (bicyclic) bond motifs is 1. The fourth-order valence-corrected chi connectivity index (χ4v) is 2.70. The van der Waals surface area contributed by atoms with E-state index in [9.17, 15) is 4.79 Å². The molecule has 1 aromatic heterocycles. The lowest BCUT2D eigenvalue weighted by molar-refractivity contribution is 0.0679. The lowest BCUT2D eigenvalue weighted by Gasteiger charge is -2.29. The fraction of sp³-hybridized carbons (Fsp3) is 0.357. The van der Waals surface area contributed by atoms with Crippen molar-refractivity contribution < 1.29 is 9.21 Å². The molecule has 0 aliphatic carbocycles. The molecule has 0 bridgehead atoms. The normalized spacial score (nSPS) is 19.9. The van der Waals surface area contributed by atoms with Crippen LogP contribution in [0.5, 0.6) is 0 Å². The molecule has 0 radical (unpaired) electrons. The molecule has 5 heteroatoms. The van der Waals surface area contributed by atoms with Gasteiger partial charge in [-0.15, -0.1) is 0 Å². The molecular formula is C14H15ClN2O2. The maximum Gasteiger partial charge on any atom is 0.289 e. The van der Waals surface area contributed by atoms with Crippen molar-refractivity contribution in [2.45, 2.75) is 18.9 Å². The highest BCUT2D eigenvalue weighted by molar-refractivity contribution is 6.34. The minimum atomic E-state index is -0.109. The topological polar surface area (TPSA) is 59.5 Å². The Labute approximate surface area is 116 Å². The highest BCUT2D eigenvalue weighted by Gasteiger charge is 2.25. The Kier molecular flexibility index (Phi) is 3.21. The summed E-state index contributed by atoms with van der Waals surface area (Å²) in [4.78, 5) is 14.1. The molecule has 1 saturated heterocycles. The summed E-state index contributed by atoms with van der Waals surface area (Å²) in [5.74, 6) is 0.222. The van der Waals surface area contributed by atoms with E-state index in [1.165, 1.54) is 0 Å². The number of para-hydroxylation sites is 1. The predicted octanol–water partition coefficient (Wildman–Crippen LogP) is 2.65. The molecule has 0 saturated carbocycles. The molecule has 19 heavy (non-hydrogen) atoms. The molecule has 0 spiro atoms. The summed E-state index contributed by atoms with van der Waals surface area (Å²) in [6.07, 6.45) is 1.91. The second kappa shape index (κ2) is 4.87. The number of nitrogens with zero attached hydrogens (tertiary/aromatic N) is 1. The van der Waals surface area contributed by atoms with Crippen LogP contribution in [0.1, 0.15) is 23.4 Å². The van der Waals surface area contributed by atoms with E-state index >= 15 is 0 Å². The Hall–Kier alpha value is -1.52. The monoisotopic (exact) mass is 278 g/mol. The van der Waals surface area contributed by atoms with Crippen LogP contribution < -0.4 is 5.73 Å². The fourth-order valence-electron chi connectivity index (χ4n) is 2.48. The minimum Gasteiger partial charge on any atom is -0.449 e. The Bertz CT molecular complexity index is 623. The molecule has 3 rings (SSSR count). The van der Waals surface area contributed by atoms with Crippen LogP contribution in [0, 0.1) is 0 Å². The van der Waals surface area contributed by atoms with Crippen molar-refractivity contribution in [2.75, 3.05) is 13.1 Å². The number of rotatable bonds is 1. The van der Waals surface area contributed by atoms with Gasteiger partial charge in [0.1, 0.15) is 0 Å². The highest BCUT2D eigenvalue weighted by Crippen LogP contribution is 2.27. The number of benzene rings is 1. The second-order valence-corrected chi connectivity index (χ2v) is 5.33. The summed E-state index contributed by atoms with van der Waals surface area (Å²) in [6.45, 7) is 1.32. The average Bonchev–Trinajstić information content (AvgIpc) is 2.83. The van der Waals surface area contributed by atoms with E-state index in [2.05, 4.69) is 0 Å². The number of hydrogen-bond acceptors (Lipinski definition) is 3. The van der Waals surface area contributed by atoms with E-state index in [1.54, 1.807) is 17.0 Å². The zero-order valence-electron chi connectivity index (χ0n) is 10.4. The van der Waals surface area contributed by atoms with E-state index in [4.69, 9.17) is 21.8 Å². The number of amides is 1. The molecule has 1 unspecified atom stereocenters. The quantitative estimate of drug-likeness (QED) is 0.872. The van der Waals surface area contributed by atoms with Gasteiger partial charge in [-0.05, 0) is 25.0 Å². The lowest BCUT2D eigenvalue weighted by Crippen LogP contribution is -2.45. The standard InChI is InChI=1S/C14H15ClN2O2/c15-11-5-1-3-9-7-12(19-13(9)11)14(18)17-6-2-4-10(16)8-17/h1,3,5,7,10H,2,4,6,8,16H2. The molecule has 1 fully saturated rings. The van der Waals surface area contributed by atoms with Crippen molar-refractivity contribution in [1.29, 1.82) is 0 Å². The molecule has 1 atom stereocenters. The van der Waals surface area contributed by atoms with Crippen LogP contribution in [-0.4, -0.2) is 29.9 Å². The molecular weight excluding hydrogens is 264 g/mol. The molecule has 100 valence electrons. The van der Waals surface area contributed by atoms with Gasteiger partial charge in [0, 0.05) is 24.5 Å². The van der Waals surface area contributed by atoms with E-state index < -0.39 is 0 Å². The maximum absolute atomic E-state index is 12.4.